The van der Waals surface area contributed by atoms with Gasteiger partial charge in [-0.1, -0.05) is 36.4 Å². The maximum Gasteiger partial charge on any atom is 0.262 e. The van der Waals surface area contributed by atoms with E-state index in [9.17, 15) is 21.6 Å². The molecule has 1 aromatic heterocycles. The molecule has 12 heteroatoms. The third-order valence-electron chi connectivity index (χ3n) is 4.33. The fourth-order valence-electron chi connectivity index (χ4n) is 2.90. The van der Waals surface area contributed by atoms with Gasteiger partial charge in [-0.05, 0) is 40.1 Å². The Bertz CT molecular complexity index is 1260. The quantitative estimate of drug-likeness (QED) is 0.253. The first-order chi connectivity index (χ1) is 14.7. The molecule has 9 nitrogen and oxygen atoms in total. The highest BCUT2D eigenvalue weighted by atomic mass is 32.2. The highest BCUT2D eigenvalue weighted by Gasteiger charge is 2.26. The molecule has 1 atom stereocenters. The fourth-order valence-corrected chi connectivity index (χ4v) is 6.15. The number of thiophene rings is 1. The van der Waals surface area contributed by atoms with Gasteiger partial charge in [-0.2, -0.15) is 0 Å². The Morgan fingerprint density at radius 2 is 1.65 bits per heavy atom. The van der Waals surface area contributed by atoms with Crippen LogP contribution >= 0.6 is 11.3 Å². The van der Waals surface area contributed by atoms with Gasteiger partial charge in [0.25, 0.3) is 5.91 Å². The van der Waals surface area contributed by atoms with E-state index in [1.165, 1.54) is 16.8 Å². The van der Waals surface area contributed by atoms with Crippen molar-refractivity contribution in [3.63, 3.8) is 0 Å². The van der Waals surface area contributed by atoms with E-state index >= 15 is 0 Å². The summed E-state index contributed by atoms with van der Waals surface area (Å²) in [6.45, 7) is -0.565. The van der Waals surface area contributed by atoms with Gasteiger partial charge in [-0.15, -0.1) is 11.3 Å². The van der Waals surface area contributed by atoms with Crippen LogP contribution in [0.4, 0.5) is 0 Å². The van der Waals surface area contributed by atoms with E-state index in [4.69, 9.17) is 5.21 Å². The van der Waals surface area contributed by atoms with Gasteiger partial charge in [0.2, 0.25) is 20.0 Å². The van der Waals surface area contributed by atoms with E-state index in [1.807, 2.05) is 11.4 Å². The molecule has 166 valence electrons. The Labute approximate surface area is 184 Å². The van der Waals surface area contributed by atoms with Gasteiger partial charge < -0.3 is 0 Å². The van der Waals surface area contributed by atoms with Gasteiger partial charge in [0.15, 0.2) is 0 Å². The van der Waals surface area contributed by atoms with Crippen LogP contribution in [0.3, 0.4) is 0 Å². The summed E-state index contributed by atoms with van der Waals surface area (Å²) in [5.41, 5.74) is 2.39. The lowest BCUT2D eigenvalue weighted by atomic mass is 10.2. The van der Waals surface area contributed by atoms with Crippen molar-refractivity contribution in [1.29, 1.82) is 0 Å². The van der Waals surface area contributed by atoms with Crippen LogP contribution in [0.1, 0.15) is 11.1 Å². The Kier molecular flexibility index (Phi) is 7.41. The topological polar surface area (TPSA) is 142 Å². The van der Waals surface area contributed by atoms with E-state index in [-0.39, 0.29) is 5.75 Å². The molecule has 3 rings (SSSR count). The predicted octanol–water partition coefficient (Wildman–Crippen LogP) is 1.31. The number of amides is 1. The zero-order valence-corrected chi connectivity index (χ0v) is 18.6. The van der Waals surface area contributed by atoms with Crippen LogP contribution in [0.25, 0.3) is 10.1 Å². The summed E-state index contributed by atoms with van der Waals surface area (Å²) < 4.78 is 55.1. The molecule has 0 saturated heterocycles. The number of hydrogen-bond donors (Lipinski definition) is 4. The molecule has 0 radical (unpaired) electrons. The van der Waals surface area contributed by atoms with Crippen molar-refractivity contribution >= 4 is 47.4 Å². The first-order valence-electron chi connectivity index (χ1n) is 9.09. The minimum Gasteiger partial charge on any atom is -0.289 e. The third kappa shape index (κ3) is 6.82. The molecular formula is C19H21N3O6S3. The van der Waals surface area contributed by atoms with Crippen LogP contribution in [-0.2, 0) is 36.3 Å². The normalized spacial score (nSPS) is 13.2. The van der Waals surface area contributed by atoms with E-state index in [2.05, 4.69) is 9.44 Å². The van der Waals surface area contributed by atoms with E-state index in [1.54, 1.807) is 48.5 Å². The first-order valence-corrected chi connectivity index (χ1v) is 13.3. The molecule has 0 saturated carbocycles. The molecule has 0 unspecified atom stereocenters. The second-order valence-corrected chi connectivity index (χ2v) is 11.3. The van der Waals surface area contributed by atoms with Crippen molar-refractivity contribution in [3.8, 4) is 0 Å². The average Bonchev–Trinajstić information content (AvgIpc) is 3.18. The summed E-state index contributed by atoms with van der Waals surface area (Å²) in [4.78, 5) is 11.9. The Balaban J connectivity index is 1.67. The molecular weight excluding hydrogens is 462 g/mol. The molecule has 0 aliphatic rings. The van der Waals surface area contributed by atoms with Crippen molar-refractivity contribution < 1.29 is 26.8 Å². The number of benzene rings is 2. The highest BCUT2D eigenvalue weighted by Crippen LogP contribution is 2.22. The zero-order valence-electron chi connectivity index (χ0n) is 16.2. The monoisotopic (exact) mass is 483 g/mol. The molecule has 1 amide bonds. The molecule has 1 heterocycles. The number of carbonyl (C=O) groups is 1. The summed E-state index contributed by atoms with van der Waals surface area (Å²) >= 11 is 1.53. The molecule has 4 N–H and O–H groups in total. The fraction of sp³-hybridized carbons (Fsp3) is 0.211. The van der Waals surface area contributed by atoms with Gasteiger partial charge in [-0.3, -0.25) is 10.0 Å². The highest BCUT2D eigenvalue weighted by molar-refractivity contribution is 7.89. The molecule has 0 spiro atoms. The molecule has 0 fully saturated rings. The zero-order chi connectivity index (χ0) is 22.5. The van der Waals surface area contributed by atoms with Crippen LogP contribution in [0, 0.1) is 0 Å². The maximum absolute atomic E-state index is 12.6. The molecule has 2 aromatic carbocycles. The second kappa shape index (κ2) is 9.85. The summed E-state index contributed by atoms with van der Waals surface area (Å²) in [6, 6.07) is 13.9. The molecule has 31 heavy (non-hydrogen) atoms. The lowest BCUT2D eigenvalue weighted by Crippen LogP contribution is -2.52. The third-order valence-corrected chi connectivity index (χ3v) is 7.90. The Hall–Kier alpha value is -2.35. The van der Waals surface area contributed by atoms with Crippen LogP contribution in [-0.4, -0.2) is 40.5 Å². The van der Waals surface area contributed by atoms with Crippen LogP contribution in [0.5, 0.6) is 0 Å². The summed E-state index contributed by atoms with van der Waals surface area (Å²) in [6.07, 6.45) is 0. The van der Waals surface area contributed by atoms with Gasteiger partial charge in [0, 0.05) is 11.2 Å². The van der Waals surface area contributed by atoms with Gasteiger partial charge in [0.1, 0.15) is 6.04 Å². The van der Waals surface area contributed by atoms with Crippen LogP contribution < -0.4 is 14.9 Å². The van der Waals surface area contributed by atoms with Crippen molar-refractivity contribution in [3.05, 3.63) is 71.1 Å². The average molecular weight is 484 g/mol. The van der Waals surface area contributed by atoms with Gasteiger partial charge >= 0.3 is 0 Å². The molecule has 0 aliphatic carbocycles. The largest absolute Gasteiger partial charge is 0.289 e. The summed E-state index contributed by atoms with van der Waals surface area (Å²) in [5.74, 6) is -1.83. The Morgan fingerprint density at radius 1 is 0.935 bits per heavy atom. The van der Waals surface area contributed by atoms with Gasteiger partial charge in [0.05, 0.1) is 11.5 Å². The van der Waals surface area contributed by atoms with Crippen LogP contribution in [0.15, 0.2) is 60.0 Å². The number of rotatable bonds is 10. The summed E-state index contributed by atoms with van der Waals surface area (Å²) in [5, 5.41) is 11.7. The van der Waals surface area contributed by atoms with E-state index < -0.39 is 44.3 Å². The maximum atomic E-state index is 12.6. The summed E-state index contributed by atoms with van der Waals surface area (Å²) in [7, 11) is -7.87. The number of nitrogens with one attached hydrogen (secondary N) is 3. The van der Waals surface area contributed by atoms with E-state index in [0.29, 0.717) is 11.1 Å². The first kappa shape index (κ1) is 23.3. The lowest BCUT2D eigenvalue weighted by molar-refractivity contribution is -0.130. The standard InChI is InChI=1S/C19H21N3O6S3/c23-19(21-24)17(11-20-30(25,26)12-14-4-2-1-3-5-14)22-31(27,28)13-15-6-7-18-16(10-15)8-9-29-18/h1-10,17,20,22,24H,11-13H2,(H,21,23)/t17-/m1/s1. The van der Waals surface area contributed by atoms with Gasteiger partial charge in [-0.25, -0.2) is 31.8 Å². The SMILES string of the molecule is O=C(NO)[C@@H](CNS(=O)(=O)Cc1ccccc1)NS(=O)(=O)Cc1ccc2sccc2c1. The molecule has 3 aromatic rings. The van der Waals surface area contributed by atoms with Crippen molar-refractivity contribution in [1.82, 2.24) is 14.9 Å². The molecule has 0 bridgehead atoms. The van der Waals surface area contributed by atoms with Crippen molar-refractivity contribution in [2.24, 2.45) is 0 Å². The van der Waals surface area contributed by atoms with Crippen molar-refractivity contribution in [2.45, 2.75) is 17.5 Å². The predicted molar refractivity (Wildman–Crippen MR) is 118 cm³/mol. The number of carbonyl (C=O) groups excluding carboxylic acids is 1. The minimum absolute atomic E-state index is 0.339. The number of hydroxylamine groups is 1. The molecule has 0 aliphatic heterocycles. The van der Waals surface area contributed by atoms with Crippen molar-refractivity contribution in [2.75, 3.05) is 6.54 Å². The Morgan fingerprint density at radius 3 is 2.35 bits per heavy atom. The van der Waals surface area contributed by atoms with E-state index in [0.717, 1.165) is 10.1 Å². The minimum atomic E-state index is -4.02. The lowest BCUT2D eigenvalue weighted by Gasteiger charge is -2.18. The van der Waals surface area contributed by atoms with Crippen LogP contribution in [0.2, 0.25) is 0 Å². The number of hydrogen-bond acceptors (Lipinski definition) is 7. The number of fused-ring (bicyclic) bond motifs is 1. The smallest absolute Gasteiger partial charge is 0.262 e. The number of sulfonamides is 2. The second-order valence-electron chi connectivity index (χ2n) is 6.79.